The van der Waals surface area contributed by atoms with Gasteiger partial charge in [-0.25, -0.2) is 19.2 Å². The number of esters is 2. The number of urea groups is 2. The number of methoxy groups -OCH3 is 2. The Labute approximate surface area is 326 Å². The van der Waals surface area contributed by atoms with E-state index >= 15 is 0 Å². The van der Waals surface area contributed by atoms with Gasteiger partial charge in [0.05, 0.1) is 25.6 Å². The van der Waals surface area contributed by atoms with Crippen LogP contribution in [0.15, 0.2) is 48.5 Å². The van der Waals surface area contributed by atoms with Crippen LogP contribution in [0.2, 0.25) is 0 Å². The van der Waals surface area contributed by atoms with Crippen molar-refractivity contribution in [3.05, 3.63) is 59.7 Å². The highest BCUT2D eigenvalue weighted by atomic mass is 16.5. The lowest BCUT2D eigenvalue weighted by atomic mass is 9.96. The van der Waals surface area contributed by atoms with Gasteiger partial charge in [-0.2, -0.15) is 0 Å². The molecule has 8 N–H and O–H groups in total. The zero-order valence-corrected chi connectivity index (χ0v) is 33.2. The van der Waals surface area contributed by atoms with Crippen LogP contribution in [-0.4, -0.2) is 84.4 Å². The van der Waals surface area contributed by atoms with Crippen LogP contribution in [-0.2, 0) is 41.5 Å². The van der Waals surface area contributed by atoms with Crippen molar-refractivity contribution in [3.63, 3.8) is 0 Å². The molecule has 16 nitrogen and oxygen atoms in total. The number of aromatic nitrogens is 2. The average Bonchev–Trinajstić information content (AvgIpc) is 3.66. The monoisotopic (exact) mass is 774 g/mol. The van der Waals surface area contributed by atoms with Crippen LogP contribution in [0.3, 0.4) is 0 Å². The van der Waals surface area contributed by atoms with Crippen LogP contribution in [0.4, 0.5) is 9.59 Å². The van der Waals surface area contributed by atoms with Gasteiger partial charge in [0, 0.05) is 48.5 Å². The van der Waals surface area contributed by atoms with Gasteiger partial charge in [0.15, 0.2) is 0 Å². The number of H-pyrrole nitrogens is 2. The Hall–Kier alpha value is -6.06. The third-order valence-corrected chi connectivity index (χ3v) is 9.06. The summed E-state index contributed by atoms with van der Waals surface area (Å²) in [5.41, 5.74) is 3.98. The molecule has 0 spiro atoms. The molecule has 4 atom stereocenters. The number of aromatic amines is 2. The maximum absolute atomic E-state index is 13.3. The van der Waals surface area contributed by atoms with Crippen molar-refractivity contribution < 1.29 is 38.2 Å². The van der Waals surface area contributed by atoms with Crippen molar-refractivity contribution in [1.82, 2.24) is 41.9 Å². The molecule has 0 radical (unpaired) electrons. The predicted molar refractivity (Wildman–Crippen MR) is 212 cm³/mol. The maximum Gasteiger partial charge on any atom is 0.328 e. The molecule has 0 fully saturated rings. The molecule has 2 unspecified atom stereocenters. The molecule has 2 heterocycles. The number of fused-ring (bicyclic) bond motifs is 2. The molecule has 0 aliphatic rings. The molecule has 0 aliphatic heterocycles. The van der Waals surface area contributed by atoms with Crippen molar-refractivity contribution in [2.24, 2.45) is 11.8 Å². The van der Waals surface area contributed by atoms with Crippen LogP contribution >= 0.6 is 0 Å². The minimum atomic E-state index is -1.15. The zero-order valence-electron chi connectivity index (χ0n) is 33.2. The maximum atomic E-state index is 13.3. The number of carbonyl (C=O) groups is 6. The first-order valence-corrected chi connectivity index (χ1v) is 18.6. The summed E-state index contributed by atoms with van der Waals surface area (Å²) in [7, 11) is 2.47. The molecule has 302 valence electrons. The van der Waals surface area contributed by atoms with Crippen LogP contribution < -0.4 is 31.9 Å². The van der Waals surface area contributed by atoms with Gasteiger partial charge in [-0.05, 0) is 47.9 Å². The Morgan fingerprint density at radius 3 is 1.23 bits per heavy atom. The van der Waals surface area contributed by atoms with Crippen molar-refractivity contribution in [2.45, 2.75) is 91.6 Å². The van der Waals surface area contributed by atoms with E-state index in [1.807, 2.05) is 76.2 Å². The fourth-order valence-corrected chi connectivity index (χ4v) is 6.79. The second-order valence-electron chi connectivity index (χ2n) is 14.6. The fourth-order valence-electron chi connectivity index (χ4n) is 6.79. The van der Waals surface area contributed by atoms with Gasteiger partial charge >= 0.3 is 24.0 Å². The zero-order chi connectivity index (χ0) is 41.1. The molecular weight excluding hydrogens is 720 g/mol. The Balaban J connectivity index is 1.75. The topological polar surface area (TPSA) is 225 Å². The van der Waals surface area contributed by atoms with Gasteiger partial charge in [-0.1, -0.05) is 64.1 Å². The van der Waals surface area contributed by atoms with E-state index < -0.39 is 48.4 Å². The number of amides is 6. The van der Waals surface area contributed by atoms with Crippen molar-refractivity contribution in [2.75, 3.05) is 14.2 Å². The number of nitrogens with one attached hydrogen (secondary N) is 8. The lowest BCUT2D eigenvalue weighted by Crippen LogP contribution is -2.55. The Morgan fingerprint density at radius 1 is 0.554 bits per heavy atom. The van der Waals surface area contributed by atoms with E-state index in [1.165, 1.54) is 28.1 Å². The molecule has 4 rings (SSSR count). The van der Waals surface area contributed by atoms with Crippen LogP contribution in [0.25, 0.3) is 33.2 Å². The molecule has 0 saturated carbocycles. The summed E-state index contributed by atoms with van der Waals surface area (Å²) in [5.74, 6) is -1.71. The van der Waals surface area contributed by atoms with Crippen molar-refractivity contribution in [1.29, 1.82) is 0 Å². The molecule has 4 aromatic rings. The first-order valence-electron chi connectivity index (χ1n) is 18.6. The second-order valence-corrected chi connectivity index (χ2v) is 14.6. The van der Waals surface area contributed by atoms with E-state index in [-0.39, 0.29) is 36.5 Å². The van der Waals surface area contributed by atoms with E-state index in [9.17, 15) is 28.8 Å². The van der Waals surface area contributed by atoms with E-state index in [4.69, 9.17) is 9.47 Å². The smallest absolute Gasteiger partial charge is 0.328 e. The van der Waals surface area contributed by atoms with Gasteiger partial charge in [0.1, 0.15) is 24.4 Å². The molecule has 0 saturated heterocycles. The van der Waals surface area contributed by atoms with Gasteiger partial charge in [-0.15, -0.1) is 0 Å². The molecule has 6 amide bonds. The quantitative estimate of drug-likeness (QED) is 0.0575. The normalized spacial score (nSPS) is 13.4. The number of ether oxygens (including phenoxy) is 2. The lowest BCUT2D eigenvalue weighted by Gasteiger charge is -2.24. The standard InChI is InChI=1S/C40H54N8O8/c1-21(2)17-33(41-23(5)49)47-39(53)45-31(37(51)55-7)19-27-25-13-9-11-15-29(25)43-35(27)36-28(26-14-10-12-16-30(26)44-36)20-32(38(52)56-8)46-40(54)48-34(18-22(3)4)42-24(6)50/h9-16,21-22,31-34,43-44H,17-20H2,1-8H3,(H,41,49)(H,42,50)(H2,45,47,53)(H2,46,48,54)/t31-,32-,33?,34?/m0/s1. The summed E-state index contributed by atoms with van der Waals surface area (Å²) in [4.78, 5) is 83.9. The Bertz CT molecular complexity index is 1890. The van der Waals surface area contributed by atoms with Crippen molar-refractivity contribution >= 4 is 57.6 Å². The summed E-state index contributed by atoms with van der Waals surface area (Å²) in [6.07, 6.45) is -0.442. The summed E-state index contributed by atoms with van der Waals surface area (Å²) in [5, 5.41) is 18.0. The SMILES string of the molecule is COC(=O)[C@H](Cc1c(-c2[nH]c3ccccc3c2C[C@H](NC(=O)NC(CC(C)C)NC(C)=O)C(=O)OC)[nH]c2ccccc12)NC(=O)NC(CC(C)C)NC(C)=O. The van der Waals surface area contributed by atoms with E-state index in [2.05, 4.69) is 41.9 Å². The minimum Gasteiger partial charge on any atom is -0.467 e. The summed E-state index contributed by atoms with van der Waals surface area (Å²) >= 11 is 0. The highest BCUT2D eigenvalue weighted by molar-refractivity contribution is 5.97. The van der Waals surface area contributed by atoms with Crippen molar-refractivity contribution in [3.8, 4) is 11.4 Å². The molecule has 2 aromatic heterocycles. The Morgan fingerprint density at radius 2 is 0.911 bits per heavy atom. The summed E-state index contributed by atoms with van der Waals surface area (Å²) in [6.45, 7) is 10.5. The predicted octanol–water partition coefficient (Wildman–Crippen LogP) is 4.10. The second kappa shape index (κ2) is 19.5. The van der Waals surface area contributed by atoms with Crippen LogP contribution in [0.5, 0.6) is 0 Å². The minimum absolute atomic E-state index is 0.00922. The average molecular weight is 775 g/mol. The molecule has 2 aromatic carbocycles. The van der Waals surface area contributed by atoms with Gasteiger partial charge in [0.25, 0.3) is 0 Å². The van der Waals surface area contributed by atoms with E-state index in [1.54, 1.807) is 0 Å². The highest BCUT2D eigenvalue weighted by Crippen LogP contribution is 2.37. The molecule has 16 heteroatoms. The van der Waals surface area contributed by atoms with Gasteiger partial charge in [-0.3, -0.25) is 9.59 Å². The van der Waals surface area contributed by atoms with Gasteiger partial charge < -0.3 is 51.3 Å². The third-order valence-electron chi connectivity index (χ3n) is 9.06. The number of benzene rings is 2. The Kier molecular flexibility index (Phi) is 14.9. The summed E-state index contributed by atoms with van der Waals surface area (Å²) < 4.78 is 10.3. The first kappa shape index (κ1) is 42.7. The number of rotatable bonds is 17. The van der Waals surface area contributed by atoms with Gasteiger partial charge in [0.2, 0.25) is 11.8 Å². The third kappa shape index (κ3) is 11.5. The summed E-state index contributed by atoms with van der Waals surface area (Å²) in [6, 6.07) is 11.3. The van der Waals surface area contributed by atoms with Crippen LogP contribution in [0.1, 0.15) is 65.5 Å². The van der Waals surface area contributed by atoms with E-state index in [0.717, 1.165) is 21.8 Å². The fraction of sp³-hybridized carbons (Fsp3) is 0.450. The lowest BCUT2D eigenvalue weighted by molar-refractivity contribution is -0.143. The molecule has 56 heavy (non-hydrogen) atoms. The number of para-hydroxylation sites is 2. The number of hydrogen-bond donors (Lipinski definition) is 8. The highest BCUT2D eigenvalue weighted by Gasteiger charge is 2.31. The molecular formula is C40H54N8O8. The number of hydrogen-bond acceptors (Lipinski definition) is 8. The molecule has 0 aliphatic carbocycles. The van der Waals surface area contributed by atoms with Crippen LogP contribution in [0, 0.1) is 11.8 Å². The molecule has 0 bridgehead atoms. The first-order chi connectivity index (χ1) is 26.6. The largest absolute Gasteiger partial charge is 0.467 e. The number of carbonyl (C=O) groups excluding carboxylic acids is 6. The van der Waals surface area contributed by atoms with E-state index in [0.29, 0.717) is 35.4 Å².